The molecule has 1 saturated heterocycles. The van der Waals surface area contributed by atoms with E-state index in [1.54, 1.807) is 22.7 Å². The van der Waals surface area contributed by atoms with E-state index < -0.39 is 0 Å². The van der Waals surface area contributed by atoms with Gasteiger partial charge in [0.25, 0.3) is 5.56 Å². The maximum absolute atomic E-state index is 13.0. The standard InChI is InChI=1S/C25H29N5OS2/c1-15-7-8-17-20(13-15)33-25-22(17)24(31)27-23(28-25)16(2)30-11-9-29(10-12-30)14-21-26-18-5-3-4-6-19(18)32-21/h3-6,15-16H,7-14H2,1-2H3,(H,27,28,31)/t15-,16-/m0/s1. The summed E-state index contributed by atoms with van der Waals surface area (Å²) >= 11 is 3.53. The Morgan fingerprint density at radius 1 is 1.15 bits per heavy atom. The maximum atomic E-state index is 13.0. The number of thiophene rings is 1. The van der Waals surface area contributed by atoms with Crippen molar-refractivity contribution in [3.8, 4) is 0 Å². The van der Waals surface area contributed by atoms with Gasteiger partial charge < -0.3 is 4.98 Å². The number of H-pyrrole nitrogens is 1. The van der Waals surface area contributed by atoms with E-state index in [1.165, 1.54) is 20.1 Å². The molecule has 2 atom stereocenters. The smallest absolute Gasteiger partial charge is 0.259 e. The Kier molecular flexibility index (Phi) is 5.57. The van der Waals surface area contributed by atoms with E-state index in [0.29, 0.717) is 5.92 Å². The van der Waals surface area contributed by atoms with Crippen LogP contribution in [0, 0.1) is 5.92 Å². The number of hydrogen-bond donors (Lipinski definition) is 1. The molecule has 1 fully saturated rings. The molecule has 4 heterocycles. The highest BCUT2D eigenvalue weighted by molar-refractivity contribution is 7.19. The molecule has 172 valence electrons. The van der Waals surface area contributed by atoms with Gasteiger partial charge in [-0.1, -0.05) is 19.1 Å². The molecule has 8 heteroatoms. The Morgan fingerprint density at radius 2 is 1.97 bits per heavy atom. The molecule has 0 spiro atoms. The lowest BCUT2D eigenvalue weighted by Gasteiger charge is -2.37. The molecule has 2 aliphatic rings. The van der Waals surface area contributed by atoms with Crippen LogP contribution in [0.15, 0.2) is 29.1 Å². The van der Waals surface area contributed by atoms with E-state index in [1.807, 2.05) is 6.07 Å². The number of nitrogens with zero attached hydrogens (tertiary/aromatic N) is 4. The van der Waals surface area contributed by atoms with Gasteiger partial charge >= 0.3 is 0 Å². The van der Waals surface area contributed by atoms with Gasteiger partial charge in [0, 0.05) is 31.1 Å². The van der Waals surface area contributed by atoms with E-state index in [0.717, 1.165) is 73.5 Å². The Hall–Kier alpha value is -2.13. The highest BCUT2D eigenvalue weighted by Crippen LogP contribution is 2.36. The number of para-hydroxylation sites is 1. The second-order valence-corrected chi connectivity index (χ2v) is 11.7. The molecule has 1 aromatic carbocycles. The van der Waals surface area contributed by atoms with Gasteiger partial charge in [-0.3, -0.25) is 14.6 Å². The predicted molar refractivity (Wildman–Crippen MR) is 136 cm³/mol. The molecule has 1 N–H and O–H groups in total. The average Bonchev–Trinajstić information content (AvgIpc) is 3.39. The van der Waals surface area contributed by atoms with Gasteiger partial charge in [-0.2, -0.15) is 0 Å². The van der Waals surface area contributed by atoms with Gasteiger partial charge in [-0.25, -0.2) is 9.97 Å². The molecular formula is C25H29N5OS2. The summed E-state index contributed by atoms with van der Waals surface area (Å²) in [4.78, 5) is 33.1. The van der Waals surface area contributed by atoms with Crippen LogP contribution in [0.2, 0.25) is 0 Å². The first kappa shape index (κ1) is 21.4. The Morgan fingerprint density at radius 3 is 2.79 bits per heavy atom. The lowest BCUT2D eigenvalue weighted by Crippen LogP contribution is -2.47. The molecule has 0 amide bonds. The topological polar surface area (TPSA) is 65.1 Å². The molecule has 4 aromatic rings. The van der Waals surface area contributed by atoms with Crippen molar-refractivity contribution in [1.82, 2.24) is 24.8 Å². The van der Waals surface area contributed by atoms with Gasteiger partial charge in [0.05, 0.1) is 28.2 Å². The fourth-order valence-corrected chi connectivity index (χ4v) is 7.62. The summed E-state index contributed by atoms with van der Waals surface area (Å²) in [6, 6.07) is 8.46. The number of nitrogens with one attached hydrogen (secondary N) is 1. The Balaban J connectivity index is 1.15. The molecule has 3 aromatic heterocycles. The summed E-state index contributed by atoms with van der Waals surface area (Å²) < 4.78 is 1.26. The van der Waals surface area contributed by atoms with Gasteiger partial charge in [0.15, 0.2) is 0 Å². The summed E-state index contributed by atoms with van der Waals surface area (Å²) in [6.07, 6.45) is 3.25. The van der Waals surface area contributed by atoms with E-state index in [2.05, 4.69) is 46.8 Å². The third-order valence-electron chi connectivity index (χ3n) is 7.23. The van der Waals surface area contributed by atoms with E-state index >= 15 is 0 Å². The highest BCUT2D eigenvalue weighted by Gasteiger charge is 2.27. The van der Waals surface area contributed by atoms with Crippen molar-refractivity contribution < 1.29 is 0 Å². The zero-order valence-corrected chi connectivity index (χ0v) is 20.8. The van der Waals surface area contributed by atoms with Crippen molar-refractivity contribution in [2.45, 2.75) is 45.7 Å². The van der Waals surface area contributed by atoms with Crippen molar-refractivity contribution in [3.05, 3.63) is 55.9 Å². The fraction of sp³-hybridized carbons (Fsp3) is 0.480. The number of fused-ring (bicyclic) bond motifs is 4. The average molecular weight is 480 g/mol. The van der Waals surface area contributed by atoms with Crippen LogP contribution >= 0.6 is 22.7 Å². The highest BCUT2D eigenvalue weighted by atomic mass is 32.1. The van der Waals surface area contributed by atoms with Crippen LogP contribution in [0.3, 0.4) is 0 Å². The second-order valence-electron chi connectivity index (χ2n) is 9.55. The largest absolute Gasteiger partial charge is 0.309 e. The zero-order valence-electron chi connectivity index (χ0n) is 19.1. The first-order chi connectivity index (χ1) is 16.0. The SMILES string of the molecule is C[C@H]1CCc2c(sc3nc([C@H](C)N4CCN(Cc5nc6ccccc6s5)CC4)[nH]c(=O)c23)C1. The number of thiazole rings is 1. The van der Waals surface area contributed by atoms with E-state index in [4.69, 9.17) is 9.97 Å². The number of aromatic nitrogens is 3. The van der Waals surface area contributed by atoms with Crippen molar-refractivity contribution in [3.63, 3.8) is 0 Å². The zero-order chi connectivity index (χ0) is 22.5. The van der Waals surface area contributed by atoms with Crippen LogP contribution in [0.25, 0.3) is 20.4 Å². The molecule has 0 radical (unpaired) electrons. The van der Waals surface area contributed by atoms with E-state index in [-0.39, 0.29) is 11.6 Å². The number of hydrogen-bond acceptors (Lipinski definition) is 7. The monoisotopic (exact) mass is 479 g/mol. The minimum absolute atomic E-state index is 0.0448. The van der Waals surface area contributed by atoms with Crippen molar-refractivity contribution >= 4 is 43.1 Å². The molecule has 6 nitrogen and oxygen atoms in total. The van der Waals surface area contributed by atoms with Gasteiger partial charge in [-0.15, -0.1) is 22.7 Å². The van der Waals surface area contributed by atoms with Crippen LogP contribution in [-0.4, -0.2) is 50.9 Å². The fourth-order valence-electron chi connectivity index (χ4n) is 5.22. The molecule has 6 rings (SSSR count). The number of aryl methyl sites for hydroxylation is 1. The number of piperazine rings is 1. The molecule has 1 aliphatic carbocycles. The van der Waals surface area contributed by atoms with Crippen LogP contribution in [0.5, 0.6) is 0 Å². The molecule has 0 bridgehead atoms. The van der Waals surface area contributed by atoms with Crippen LogP contribution in [0.1, 0.15) is 47.6 Å². The lowest BCUT2D eigenvalue weighted by molar-refractivity contribution is 0.0948. The molecule has 0 unspecified atom stereocenters. The summed E-state index contributed by atoms with van der Waals surface area (Å²) in [5, 5.41) is 2.03. The molecule has 33 heavy (non-hydrogen) atoms. The van der Waals surface area contributed by atoms with Crippen LogP contribution in [-0.2, 0) is 19.4 Å². The second kappa shape index (κ2) is 8.58. The number of rotatable bonds is 4. The number of aromatic amines is 1. The quantitative estimate of drug-likeness (QED) is 0.464. The van der Waals surface area contributed by atoms with Gasteiger partial charge in [0.1, 0.15) is 15.7 Å². The normalized spacial score (nSPS) is 21.0. The van der Waals surface area contributed by atoms with Gasteiger partial charge in [0.2, 0.25) is 0 Å². The summed E-state index contributed by atoms with van der Waals surface area (Å²) in [5.41, 5.74) is 2.40. The predicted octanol–water partition coefficient (Wildman–Crippen LogP) is 4.60. The van der Waals surface area contributed by atoms with Crippen molar-refractivity contribution in [1.29, 1.82) is 0 Å². The number of benzene rings is 1. The molecule has 1 aliphatic heterocycles. The third kappa shape index (κ3) is 4.03. The first-order valence-corrected chi connectivity index (χ1v) is 13.5. The molecule has 0 saturated carbocycles. The Bertz CT molecular complexity index is 1330. The van der Waals surface area contributed by atoms with Crippen LogP contribution in [0.4, 0.5) is 0 Å². The lowest BCUT2D eigenvalue weighted by atomic mass is 9.89. The van der Waals surface area contributed by atoms with E-state index in [9.17, 15) is 4.79 Å². The third-order valence-corrected chi connectivity index (χ3v) is 9.40. The minimum atomic E-state index is 0.0448. The summed E-state index contributed by atoms with van der Waals surface area (Å²) in [6.45, 7) is 9.30. The first-order valence-electron chi connectivity index (χ1n) is 11.9. The summed E-state index contributed by atoms with van der Waals surface area (Å²) in [7, 11) is 0. The Labute approximate surface area is 201 Å². The summed E-state index contributed by atoms with van der Waals surface area (Å²) in [5.74, 6) is 1.50. The maximum Gasteiger partial charge on any atom is 0.259 e. The molecular weight excluding hydrogens is 450 g/mol. The van der Waals surface area contributed by atoms with Crippen molar-refractivity contribution in [2.75, 3.05) is 26.2 Å². The minimum Gasteiger partial charge on any atom is -0.309 e. The van der Waals surface area contributed by atoms with Crippen LogP contribution < -0.4 is 5.56 Å². The van der Waals surface area contributed by atoms with Crippen molar-refractivity contribution in [2.24, 2.45) is 5.92 Å². The van der Waals surface area contributed by atoms with Gasteiger partial charge in [-0.05, 0) is 49.8 Å².